The van der Waals surface area contributed by atoms with Crippen molar-refractivity contribution in [3.63, 3.8) is 0 Å². The van der Waals surface area contributed by atoms with E-state index in [0.717, 1.165) is 11.1 Å². The molecule has 82 valence electrons. The monoisotopic (exact) mass is 276 g/mol. The molecular formula is C14H13BrO. The van der Waals surface area contributed by atoms with Crippen LogP contribution in [0.25, 0.3) is 11.1 Å². The Kier molecular flexibility index (Phi) is 3.62. The van der Waals surface area contributed by atoms with Crippen LogP contribution in [0.15, 0.2) is 48.5 Å². The maximum absolute atomic E-state index is 5.37. The van der Waals surface area contributed by atoms with E-state index in [1.165, 1.54) is 16.7 Å². The summed E-state index contributed by atoms with van der Waals surface area (Å²) in [5.41, 5.74) is 3.56. The predicted octanol–water partition coefficient (Wildman–Crippen LogP) is 4.26. The van der Waals surface area contributed by atoms with Gasteiger partial charge in [-0.15, -0.1) is 0 Å². The first-order valence-electron chi connectivity index (χ1n) is 5.13. The summed E-state index contributed by atoms with van der Waals surface area (Å²) in [5, 5.41) is 0.811. The van der Waals surface area contributed by atoms with E-state index in [-0.39, 0.29) is 0 Å². The second-order valence-corrected chi connectivity index (χ2v) is 4.09. The minimum atomic E-state index is 0.811. The smallest absolute Gasteiger partial charge is 0.123 e. The minimum Gasteiger partial charge on any atom is -0.496 e. The van der Waals surface area contributed by atoms with Crippen LogP contribution in [0.4, 0.5) is 0 Å². The van der Waals surface area contributed by atoms with Crippen LogP contribution in [-0.2, 0) is 5.33 Å². The van der Waals surface area contributed by atoms with Gasteiger partial charge >= 0.3 is 0 Å². The Hall–Kier alpha value is -1.28. The van der Waals surface area contributed by atoms with Crippen LogP contribution in [-0.4, -0.2) is 7.11 Å². The maximum atomic E-state index is 5.37. The van der Waals surface area contributed by atoms with Crippen molar-refractivity contribution in [2.45, 2.75) is 5.33 Å². The van der Waals surface area contributed by atoms with Gasteiger partial charge in [0.05, 0.1) is 7.11 Å². The van der Waals surface area contributed by atoms with Gasteiger partial charge in [0.15, 0.2) is 0 Å². The summed E-state index contributed by atoms with van der Waals surface area (Å²) in [6.07, 6.45) is 0. The average molecular weight is 277 g/mol. The molecule has 1 nitrogen and oxygen atoms in total. The number of benzene rings is 2. The topological polar surface area (TPSA) is 9.23 Å². The highest BCUT2D eigenvalue weighted by Gasteiger charge is 2.04. The Morgan fingerprint density at radius 3 is 2.38 bits per heavy atom. The summed E-state index contributed by atoms with van der Waals surface area (Å²) in [5.74, 6) is 0.929. The second kappa shape index (κ2) is 5.17. The number of halogens is 1. The van der Waals surface area contributed by atoms with Crippen LogP contribution in [0.3, 0.4) is 0 Å². The number of ether oxygens (including phenoxy) is 1. The molecule has 0 amide bonds. The number of hydrogen-bond donors (Lipinski definition) is 0. The van der Waals surface area contributed by atoms with Gasteiger partial charge in [0.25, 0.3) is 0 Å². The fourth-order valence-corrected chi connectivity index (χ4v) is 2.13. The average Bonchev–Trinajstić information content (AvgIpc) is 2.39. The lowest BCUT2D eigenvalue weighted by Gasteiger charge is -2.08. The van der Waals surface area contributed by atoms with Crippen molar-refractivity contribution in [2.24, 2.45) is 0 Å². The van der Waals surface area contributed by atoms with Gasteiger partial charge in [0.2, 0.25) is 0 Å². The second-order valence-electron chi connectivity index (χ2n) is 3.53. The van der Waals surface area contributed by atoms with E-state index < -0.39 is 0 Å². The van der Waals surface area contributed by atoms with E-state index in [0.29, 0.717) is 0 Å². The number of methoxy groups -OCH3 is 1. The zero-order chi connectivity index (χ0) is 11.4. The lowest BCUT2D eigenvalue weighted by atomic mass is 10.0. The van der Waals surface area contributed by atoms with Crippen LogP contribution in [0.2, 0.25) is 0 Å². The van der Waals surface area contributed by atoms with Gasteiger partial charge in [-0.3, -0.25) is 0 Å². The Labute approximate surface area is 104 Å². The molecule has 0 aliphatic carbocycles. The first-order valence-corrected chi connectivity index (χ1v) is 6.25. The molecule has 2 aromatic carbocycles. The van der Waals surface area contributed by atoms with Crippen molar-refractivity contribution in [3.8, 4) is 16.9 Å². The normalized spacial score (nSPS) is 10.1. The molecule has 0 aliphatic rings. The van der Waals surface area contributed by atoms with Gasteiger partial charge in [-0.2, -0.15) is 0 Å². The number of alkyl halides is 1. The molecule has 16 heavy (non-hydrogen) atoms. The zero-order valence-corrected chi connectivity index (χ0v) is 10.7. The van der Waals surface area contributed by atoms with Gasteiger partial charge in [0.1, 0.15) is 5.75 Å². The van der Waals surface area contributed by atoms with E-state index >= 15 is 0 Å². The van der Waals surface area contributed by atoms with Crippen molar-refractivity contribution in [1.29, 1.82) is 0 Å². The van der Waals surface area contributed by atoms with Crippen LogP contribution >= 0.6 is 15.9 Å². The first-order chi connectivity index (χ1) is 7.85. The van der Waals surface area contributed by atoms with E-state index in [1.807, 2.05) is 18.2 Å². The molecule has 0 bridgehead atoms. The Morgan fingerprint density at radius 1 is 1.00 bits per heavy atom. The largest absolute Gasteiger partial charge is 0.496 e. The Bertz CT molecular complexity index is 465. The lowest BCUT2D eigenvalue weighted by molar-refractivity contribution is 0.411. The van der Waals surface area contributed by atoms with Gasteiger partial charge in [-0.05, 0) is 17.2 Å². The molecule has 2 heteroatoms. The van der Waals surface area contributed by atoms with Crippen LogP contribution in [0, 0.1) is 0 Å². The zero-order valence-electron chi connectivity index (χ0n) is 9.11. The fraction of sp³-hybridized carbons (Fsp3) is 0.143. The minimum absolute atomic E-state index is 0.811. The predicted molar refractivity (Wildman–Crippen MR) is 71.1 cm³/mol. The number of hydrogen-bond acceptors (Lipinski definition) is 1. The van der Waals surface area contributed by atoms with Gasteiger partial charge in [-0.25, -0.2) is 0 Å². The molecule has 0 saturated heterocycles. The molecule has 0 saturated carbocycles. The van der Waals surface area contributed by atoms with E-state index in [1.54, 1.807) is 7.11 Å². The summed E-state index contributed by atoms with van der Waals surface area (Å²) in [4.78, 5) is 0. The Balaban J connectivity index is 2.44. The van der Waals surface area contributed by atoms with E-state index in [4.69, 9.17) is 4.74 Å². The van der Waals surface area contributed by atoms with Crippen LogP contribution < -0.4 is 4.74 Å². The molecule has 0 aliphatic heterocycles. The van der Waals surface area contributed by atoms with Crippen molar-refractivity contribution in [2.75, 3.05) is 7.11 Å². The van der Waals surface area contributed by atoms with Gasteiger partial charge in [0, 0.05) is 10.9 Å². The fourth-order valence-electron chi connectivity index (χ4n) is 1.67. The van der Waals surface area contributed by atoms with E-state index in [2.05, 4.69) is 46.3 Å². The molecule has 0 fully saturated rings. The highest BCUT2D eigenvalue weighted by molar-refractivity contribution is 9.08. The molecule has 0 atom stereocenters. The molecule has 0 unspecified atom stereocenters. The van der Waals surface area contributed by atoms with Gasteiger partial charge in [-0.1, -0.05) is 58.4 Å². The molecule has 2 rings (SSSR count). The highest BCUT2D eigenvalue weighted by atomic mass is 79.9. The molecule has 0 radical (unpaired) electrons. The van der Waals surface area contributed by atoms with Crippen molar-refractivity contribution in [1.82, 2.24) is 0 Å². The van der Waals surface area contributed by atoms with Crippen molar-refractivity contribution >= 4 is 15.9 Å². The maximum Gasteiger partial charge on any atom is 0.123 e. The third kappa shape index (κ3) is 2.27. The highest BCUT2D eigenvalue weighted by Crippen LogP contribution is 2.28. The summed E-state index contributed by atoms with van der Waals surface area (Å²) in [6, 6.07) is 16.6. The molecule has 0 aromatic heterocycles. The van der Waals surface area contributed by atoms with Crippen LogP contribution in [0.1, 0.15) is 5.56 Å². The summed E-state index contributed by atoms with van der Waals surface area (Å²) in [7, 11) is 1.70. The van der Waals surface area contributed by atoms with Gasteiger partial charge < -0.3 is 4.74 Å². The third-order valence-corrected chi connectivity index (χ3v) is 3.14. The third-order valence-electron chi connectivity index (χ3n) is 2.54. The van der Waals surface area contributed by atoms with Crippen molar-refractivity contribution in [3.05, 3.63) is 54.1 Å². The summed E-state index contributed by atoms with van der Waals surface area (Å²) in [6.45, 7) is 0. The molecule has 0 spiro atoms. The lowest BCUT2D eigenvalue weighted by Crippen LogP contribution is -1.90. The molecule has 0 N–H and O–H groups in total. The number of rotatable bonds is 3. The first kappa shape index (κ1) is 11.2. The van der Waals surface area contributed by atoms with Crippen LogP contribution in [0.5, 0.6) is 5.75 Å². The standard InChI is InChI=1S/C14H13BrO/c1-16-14-9-12(7-8-13(14)10-15)11-5-3-2-4-6-11/h2-9H,10H2,1H3. The Morgan fingerprint density at radius 2 is 1.75 bits per heavy atom. The SMILES string of the molecule is COc1cc(-c2ccccc2)ccc1CBr. The molecule has 0 heterocycles. The summed E-state index contributed by atoms with van der Waals surface area (Å²) < 4.78 is 5.37. The summed E-state index contributed by atoms with van der Waals surface area (Å²) >= 11 is 3.45. The molecule has 2 aromatic rings. The quantitative estimate of drug-likeness (QED) is 0.762. The van der Waals surface area contributed by atoms with E-state index in [9.17, 15) is 0 Å². The van der Waals surface area contributed by atoms with Crippen molar-refractivity contribution < 1.29 is 4.74 Å². The molecular weight excluding hydrogens is 264 g/mol.